The van der Waals surface area contributed by atoms with Crippen LogP contribution >= 0.6 is 11.6 Å². The van der Waals surface area contributed by atoms with Crippen LogP contribution in [0.3, 0.4) is 0 Å². The van der Waals surface area contributed by atoms with Crippen molar-refractivity contribution in [3.05, 3.63) is 29.3 Å². The second-order valence-electron chi connectivity index (χ2n) is 6.43. The molecule has 0 aromatic heterocycles. The predicted octanol–water partition coefficient (Wildman–Crippen LogP) is 3.03. The average Bonchev–Trinajstić information content (AvgIpc) is 2.94. The van der Waals surface area contributed by atoms with Crippen molar-refractivity contribution in [1.29, 1.82) is 0 Å². The van der Waals surface area contributed by atoms with E-state index in [4.69, 9.17) is 17.3 Å². The topological polar surface area (TPSA) is 75.4 Å². The Balaban J connectivity index is 1.90. The van der Waals surface area contributed by atoms with E-state index in [1.54, 1.807) is 29.2 Å². The molecule has 0 radical (unpaired) electrons. The number of hydrogen-bond donors (Lipinski definition) is 2. The molecule has 1 aliphatic carbocycles. The molecule has 0 bridgehead atoms. The van der Waals surface area contributed by atoms with Crippen LogP contribution in [0.2, 0.25) is 5.02 Å². The second kappa shape index (κ2) is 9.04. The molecule has 1 saturated carbocycles. The Bertz CT molecular complexity index is 562. The zero-order valence-electron chi connectivity index (χ0n) is 14.1. The summed E-state index contributed by atoms with van der Waals surface area (Å²) in [5.41, 5.74) is 6.73. The lowest BCUT2D eigenvalue weighted by Crippen LogP contribution is -2.40. The van der Waals surface area contributed by atoms with Crippen molar-refractivity contribution >= 4 is 29.1 Å². The first kappa shape index (κ1) is 18.7. The number of carbonyl (C=O) groups excluding carboxylic acids is 2. The summed E-state index contributed by atoms with van der Waals surface area (Å²) in [6, 6.07) is 7.02. The smallest absolute Gasteiger partial charge is 0.243 e. The van der Waals surface area contributed by atoms with Crippen LogP contribution in [0.15, 0.2) is 24.3 Å². The SMILES string of the molecule is CCCN(CC(=O)Nc1ccc(Cl)cc1)C(=O)C[C@@H]1CCC[C@H]1N. The molecule has 6 heteroatoms. The molecular formula is C18H26ClN3O2. The molecular weight excluding hydrogens is 326 g/mol. The summed E-state index contributed by atoms with van der Waals surface area (Å²) >= 11 is 5.83. The molecule has 0 heterocycles. The van der Waals surface area contributed by atoms with Gasteiger partial charge in [0.25, 0.3) is 0 Å². The normalized spacial score (nSPS) is 20.0. The Morgan fingerprint density at radius 3 is 2.58 bits per heavy atom. The fourth-order valence-electron chi connectivity index (χ4n) is 3.14. The minimum absolute atomic E-state index is 0.0189. The van der Waals surface area contributed by atoms with Crippen molar-refractivity contribution in [3.63, 3.8) is 0 Å². The molecule has 0 unspecified atom stereocenters. The summed E-state index contributed by atoms with van der Waals surface area (Å²) in [5, 5.41) is 3.41. The number of halogens is 1. The summed E-state index contributed by atoms with van der Waals surface area (Å²) in [6.07, 6.45) is 4.34. The van der Waals surface area contributed by atoms with Crippen molar-refractivity contribution in [2.75, 3.05) is 18.4 Å². The largest absolute Gasteiger partial charge is 0.333 e. The zero-order chi connectivity index (χ0) is 17.5. The van der Waals surface area contributed by atoms with E-state index in [9.17, 15) is 9.59 Å². The first-order valence-electron chi connectivity index (χ1n) is 8.58. The number of hydrogen-bond acceptors (Lipinski definition) is 3. The van der Waals surface area contributed by atoms with Gasteiger partial charge in [-0.15, -0.1) is 0 Å². The number of nitrogens with one attached hydrogen (secondary N) is 1. The average molecular weight is 352 g/mol. The molecule has 2 amide bonds. The molecule has 1 aromatic carbocycles. The maximum Gasteiger partial charge on any atom is 0.243 e. The molecule has 1 aliphatic rings. The monoisotopic (exact) mass is 351 g/mol. The fraction of sp³-hybridized carbons (Fsp3) is 0.556. The van der Waals surface area contributed by atoms with Gasteiger partial charge in [0.15, 0.2) is 0 Å². The number of nitrogens with zero attached hydrogens (tertiary/aromatic N) is 1. The molecule has 1 fully saturated rings. The van der Waals surface area contributed by atoms with Gasteiger partial charge in [-0.25, -0.2) is 0 Å². The minimum atomic E-state index is -0.199. The highest BCUT2D eigenvalue weighted by molar-refractivity contribution is 6.30. The van der Waals surface area contributed by atoms with Crippen LogP contribution in [0.4, 0.5) is 5.69 Å². The lowest BCUT2D eigenvalue weighted by molar-refractivity contribution is -0.135. The molecule has 2 atom stereocenters. The molecule has 1 aromatic rings. The summed E-state index contributed by atoms with van der Waals surface area (Å²) < 4.78 is 0. The van der Waals surface area contributed by atoms with Crippen molar-refractivity contribution in [2.24, 2.45) is 11.7 Å². The van der Waals surface area contributed by atoms with Crippen LogP contribution in [-0.2, 0) is 9.59 Å². The lowest BCUT2D eigenvalue weighted by atomic mass is 9.99. The molecule has 24 heavy (non-hydrogen) atoms. The van der Waals surface area contributed by atoms with Crippen LogP contribution in [-0.4, -0.2) is 35.8 Å². The Hall–Kier alpha value is -1.59. The number of carbonyl (C=O) groups is 2. The van der Waals surface area contributed by atoms with Crippen LogP contribution < -0.4 is 11.1 Å². The van der Waals surface area contributed by atoms with Gasteiger partial charge >= 0.3 is 0 Å². The van der Waals surface area contributed by atoms with Crippen molar-refractivity contribution in [3.8, 4) is 0 Å². The standard InChI is InChI=1S/C18H26ClN3O2/c1-2-10-22(18(24)11-13-4-3-5-16(13)20)12-17(23)21-15-8-6-14(19)7-9-15/h6-9,13,16H,2-5,10-12,20H2,1H3,(H,21,23)/t13-,16+/m0/s1. The molecule has 3 N–H and O–H groups in total. The number of benzene rings is 1. The molecule has 0 saturated heterocycles. The highest BCUT2D eigenvalue weighted by Crippen LogP contribution is 2.27. The van der Waals surface area contributed by atoms with Crippen molar-refractivity contribution in [1.82, 2.24) is 4.90 Å². The minimum Gasteiger partial charge on any atom is -0.333 e. The molecule has 5 nitrogen and oxygen atoms in total. The van der Waals surface area contributed by atoms with E-state index in [2.05, 4.69) is 5.32 Å². The van der Waals surface area contributed by atoms with E-state index in [1.807, 2.05) is 6.92 Å². The van der Waals surface area contributed by atoms with Gasteiger partial charge in [0.2, 0.25) is 11.8 Å². The third-order valence-electron chi connectivity index (χ3n) is 4.46. The van der Waals surface area contributed by atoms with Crippen LogP contribution in [0.5, 0.6) is 0 Å². The van der Waals surface area contributed by atoms with Gasteiger partial charge in [-0.2, -0.15) is 0 Å². The molecule has 2 rings (SSSR count). The van der Waals surface area contributed by atoms with E-state index in [0.717, 1.165) is 25.7 Å². The van der Waals surface area contributed by atoms with Gasteiger partial charge in [-0.1, -0.05) is 24.9 Å². The summed E-state index contributed by atoms with van der Waals surface area (Å²) in [5.74, 6) is 0.0662. The van der Waals surface area contributed by atoms with Gasteiger partial charge in [0.05, 0.1) is 6.54 Å². The molecule has 0 aliphatic heterocycles. The van der Waals surface area contributed by atoms with Crippen molar-refractivity contribution in [2.45, 2.75) is 45.1 Å². The number of rotatable bonds is 7. The van der Waals surface area contributed by atoms with Crippen molar-refractivity contribution < 1.29 is 9.59 Å². The Morgan fingerprint density at radius 1 is 1.29 bits per heavy atom. The maximum atomic E-state index is 12.5. The first-order valence-corrected chi connectivity index (χ1v) is 8.96. The highest BCUT2D eigenvalue weighted by atomic mass is 35.5. The highest BCUT2D eigenvalue weighted by Gasteiger charge is 2.28. The van der Waals surface area contributed by atoms with E-state index in [-0.39, 0.29) is 30.3 Å². The Morgan fingerprint density at radius 2 is 2.00 bits per heavy atom. The third kappa shape index (κ3) is 5.49. The van der Waals surface area contributed by atoms with E-state index in [0.29, 0.717) is 23.7 Å². The Labute approximate surface area is 148 Å². The van der Waals surface area contributed by atoms with Crippen LogP contribution in [0, 0.1) is 5.92 Å². The molecule has 0 spiro atoms. The maximum absolute atomic E-state index is 12.5. The quantitative estimate of drug-likeness (QED) is 0.792. The van der Waals surface area contributed by atoms with Gasteiger partial charge < -0.3 is 16.0 Å². The third-order valence-corrected chi connectivity index (χ3v) is 4.72. The van der Waals surface area contributed by atoms with E-state index in [1.165, 1.54) is 0 Å². The Kier molecular flexibility index (Phi) is 7.06. The summed E-state index contributed by atoms with van der Waals surface area (Å²) in [7, 11) is 0. The summed E-state index contributed by atoms with van der Waals surface area (Å²) in [4.78, 5) is 26.4. The molecule has 132 valence electrons. The number of anilines is 1. The lowest BCUT2D eigenvalue weighted by Gasteiger charge is -2.24. The van der Waals surface area contributed by atoms with E-state index < -0.39 is 0 Å². The van der Waals surface area contributed by atoms with Gasteiger partial charge in [-0.3, -0.25) is 9.59 Å². The summed E-state index contributed by atoms with van der Waals surface area (Å²) in [6.45, 7) is 2.64. The van der Waals surface area contributed by atoms with Gasteiger partial charge in [0, 0.05) is 29.7 Å². The van der Waals surface area contributed by atoms with Gasteiger partial charge in [0.1, 0.15) is 0 Å². The van der Waals surface area contributed by atoms with E-state index >= 15 is 0 Å². The van der Waals surface area contributed by atoms with Crippen LogP contribution in [0.1, 0.15) is 39.0 Å². The predicted molar refractivity (Wildman–Crippen MR) is 96.9 cm³/mol. The van der Waals surface area contributed by atoms with Gasteiger partial charge in [-0.05, 0) is 49.4 Å². The fourth-order valence-corrected chi connectivity index (χ4v) is 3.27. The number of amides is 2. The van der Waals surface area contributed by atoms with Crippen LogP contribution in [0.25, 0.3) is 0 Å². The zero-order valence-corrected chi connectivity index (χ0v) is 14.9. The first-order chi connectivity index (χ1) is 11.5. The second-order valence-corrected chi connectivity index (χ2v) is 6.87. The number of nitrogens with two attached hydrogens (primary N) is 1.